The Labute approximate surface area is 90.0 Å². The highest BCUT2D eigenvalue weighted by Crippen LogP contribution is 2.23. The lowest BCUT2D eigenvalue weighted by atomic mass is 10.1. The fourth-order valence-corrected chi connectivity index (χ4v) is 1.69. The Morgan fingerprint density at radius 1 is 1.13 bits per heavy atom. The summed E-state index contributed by atoms with van der Waals surface area (Å²) in [6.45, 7) is 8.58. The number of aromatic nitrogens is 3. The lowest BCUT2D eigenvalue weighted by Gasteiger charge is -2.04. The normalized spacial score (nSPS) is 11.9. The van der Waals surface area contributed by atoms with Crippen molar-refractivity contribution in [3.05, 3.63) is 23.8 Å². The predicted molar refractivity (Wildman–Crippen MR) is 62.1 cm³/mol. The number of fused-ring (bicyclic) bond motifs is 1. The van der Waals surface area contributed by atoms with E-state index in [4.69, 9.17) is 0 Å². The van der Waals surface area contributed by atoms with Gasteiger partial charge in [-0.25, -0.2) is 4.98 Å². The van der Waals surface area contributed by atoms with E-state index in [9.17, 15) is 0 Å². The molecule has 0 radical (unpaired) electrons. The molecule has 2 aromatic rings. The number of pyridine rings is 1. The van der Waals surface area contributed by atoms with Gasteiger partial charge in [0.15, 0.2) is 0 Å². The van der Waals surface area contributed by atoms with Gasteiger partial charge in [0.05, 0.1) is 16.7 Å². The fraction of sp³-hybridized carbons (Fsp3) is 0.500. The number of imidazole rings is 1. The number of hydrogen-bond donors (Lipinski definition) is 1. The van der Waals surface area contributed by atoms with E-state index in [2.05, 4.69) is 42.6 Å². The van der Waals surface area contributed by atoms with E-state index in [0.29, 0.717) is 11.8 Å². The van der Waals surface area contributed by atoms with E-state index >= 15 is 0 Å². The van der Waals surface area contributed by atoms with Crippen LogP contribution < -0.4 is 0 Å². The highest BCUT2D eigenvalue weighted by molar-refractivity contribution is 5.77. The number of aromatic amines is 1. The summed E-state index contributed by atoms with van der Waals surface area (Å²) in [6.07, 6.45) is 1.84. The molecule has 0 spiro atoms. The van der Waals surface area contributed by atoms with Crippen LogP contribution in [0.1, 0.15) is 51.0 Å². The van der Waals surface area contributed by atoms with E-state index in [0.717, 1.165) is 22.6 Å². The Kier molecular flexibility index (Phi) is 2.47. The zero-order valence-corrected chi connectivity index (χ0v) is 9.70. The molecular weight excluding hydrogens is 186 g/mol. The maximum absolute atomic E-state index is 4.56. The molecule has 15 heavy (non-hydrogen) atoms. The fourth-order valence-electron chi connectivity index (χ4n) is 1.69. The van der Waals surface area contributed by atoms with Gasteiger partial charge in [0.25, 0.3) is 0 Å². The van der Waals surface area contributed by atoms with Gasteiger partial charge in [0, 0.05) is 12.1 Å². The van der Waals surface area contributed by atoms with Crippen LogP contribution in [0.4, 0.5) is 0 Å². The lowest BCUT2D eigenvalue weighted by Crippen LogP contribution is -1.93. The molecule has 0 atom stereocenters. The smallest absolute Gasteiger partial charge is 0.109 e. The summed E-state index contributed by atoms with van der Waals surface area (Å²) < 4.78 is 0. The summed E-state index contributed by atoms with van der Waals surface area (Å²) in [5.41, 5.74) is 3.22. The molecule has 3 heteroatoms. The molecule has 80 valence electrons. The monoisotopic (exact) mass is 203 g/mol. The summed E-state index contributed by atoms with van der Waals surface area (Å²) >= 11 is 0. The van der Waals surface area contributed by atoms with Gasteiger partial charge in [-0.15, -0.1) is 0 Å². The van der Waals surface area contributed by atoms with Crippen LogP contribution in [0.3, 0.4) is 0 Å². The van der Waals surface area contributed by atoms with Gasteiger partial charge in [-0.3, -0.25) is 4.98 Å². The van der Waals surface area contributed by atoms with Crippen LogP contribution in [0.25, 0.3) is 11.0 Å². The first kappa shape index (κ1) is 10.1. The number of rotatable bonds is 2. The van der Waals surface area contributed by atoms with Crippen LogP contribution in [0.2, 0.25) is 0 Å². The summed E-state index contributed by atoms with van der Waals surface area (Å²) in [6, 6.07) is 1.96. The van der Waals surface area contributed by atoms with Crippen LogP contribution >= 0.6 is 0 Å². The maximum Gasteiger partial charge on any atom is 0.109 e. The van der Waals surface area contributed by atoms with E-state index in [1.165, 1.54) is 0 Å². The summed E-state index contributed by atoms with van der Waals surface area (Å²) in [7, 11) is 0. The molecule has 0 bridgehead atoms. The van der Waals surface area contributed by atoms with E-state index in [-0.39, 0.29) is 0 Å². The zero-order valence-electron chi connectivity index (χ0n) is 9.70. The molecule has 0 amide bonds. The minimum atomic E-state index is 0.425. The number of nitrogens with one attached hydrogen (secondary N) is 1. The van der Waals surface area contributed by atoms with Crippen molar-refractivity contribution in [1.29, 1.82) is 0 Å². The first-order chi connectivity index (χ1) is 7.09. The van der Waals surface area contributed by atoms with Gasteiger partial charge in [-0.1, -0.05) is 27.7 Å². The second-order valence-electron chi connectivity index (χ2n) is 4.52. The molecule has 0 saturated heterocycles. The predicted octanol–water partition coefficient (Wildman–Crippen LogP) is 3.20. The first-order valence-electron chi connectivity index (χ1n) is 5.44. The van der Waals surface area contributed by atoms with E-state index in [1.807, 2.05) is 12.3 Å². The molecule has 0 fully saturated rings. The van der Waals surface area contributed by atoms with Crippen LogP contribution in [-0.2, 0) is 0 Å². The summed E-state index contributed by atoms with van der Waals surface area (Å²) in [5.74, 6) is 1.89. The Morgan fingerprint density at radius 3 is 2.47 bits per heavy atom. The van der Waals surface area contributed by atoms with Crippen molar-refractivity contribution in [2.45, 2.75) is 39.5 Å². The molecule has 3 nitrogen and oxygen atoms in total. The van der Waals surface area contributed by atoms with Crippen molar-refractivity contribution >= 4 is 11.0 Å². The van der Waals surface area contributed by atoms with Gasteiger partial charge >= 0.3 is 0 Å². The quantitative estimate of drug-likeness (QED) is 0.814. The number of H-pyrrole nitrogens is 1. The number of hydrogen-bond acceptors (Lipinski definition) is 2. The zero-order chi connectivity index (χ0) is 11.0. The van der Waals surface area contributed by atoms with Gasteiger partial charge in [-0.2, -0.15) is 0 Å². The van der Waals surface area contributed by atoms with Crippen LogP contribution in [0, 0.1) is 0 Å². The van der Waals surface area contributed by atoms with Crippen molar-refractivity contribution in [2.75, 3.05) is 0 Å². The van der Waals surface area contributed by atoms with Crippen molar-refractivity contribution < 1.29 is 0 Å². The lowest BCUT2D eigenvalue weighted by molar-refractivity contribution is 0.795. The van der Waals surface area contributed by atoms with Gasteiger partial charge in [0.1, 0.15) is 5.82 Å². The Morgan fingerprint density at radius 2 is 1.87 bits per heavy atom. The molecule has 2 aromatic heterocycles. The van der Waals surface area contributed by atoms with Crippen LogP contribution in [0.15, 0.2) is 12.3 Å². The van der Waals surface area contributed by atoms with Crippen molar-refractivity contribution in [1.82, 2.24) is 15.0 Å². The van der Waals surface area contributed by atoms with Crippen molar-refractivity contribution in [2.24, 2.45) is 0 Å². The molecular formula is C12H17N3. The first-order valence-corrected chi connectivity index (χ1v) is 5.44. The third-order valence-corrected chi connectivity index (χ3v) is 2.55. The highest BCUT2D eigenvalue weighted by Gasteiger charge is 2.12. The van der Waals surface area contributed by atoms with E-state index in [1.54, 1.807) is 0 Å². The molecule has 0 unspecified atom stereocenters. The molecule has 0 saturated carbocycles. The Bertz CT molecular complexity index is 469. The average Bonchev–Trinajstić information content (AvgIpc) is 2.60. The largest absolute Gasteiger partial charge is 0.340 e. The maximum atomic E-state index is 4.56. The third kappa shape index (κ3) is 1.74. The molecule has 0 aliphatic rings. The Balaban J connectivity index is 2.64. The van der Waals surface area contributed by atoms with Crippen molar-refractivity contribution in [3.8, 4) is 0 Å². The van der Waals surface area contributed by atoms with Gasteiger partial charge < -0.3 is 4.98 Å². The summed E-state index contributed by atoms with van der Waals surface area (Å²) in [5, 5.41) is 0. The van der Waals surface area contributed by atoms with Crippen LogP contribution in [-0.4, -0.2) is 15.0 Å². The highest BCUT2D eigenvalue weighted by atomic mass is 14.9. The minimum Gasteiger partial charge on any atom is -0.340 e. The standard InChI is InChI=1S/C12H17N3/c1-7(2)10-11-9(5-6-13-10)14-12(15-11)8(3)4/h5-8H,1-4H3,(H,14,15). The third-order valence-electron chi connectivity index (χ3n) is 2.55. The van der Waals surface area contributed by atoms with Gasteiger partial charge in [-0.05, 0) is 12.0 Å². The van der Waals surface area contributed by atoms with Gasteiger partial charge in [0.2, 0.25) is 0 Å². The molecule has 0 aromatic carbocycles. The Hall–Kier alpha value is -1.38. The SMILES string of the molecule is CC(C)c1nc2ccnc(C(C)C)c2[nH]1. The molecule has 2 heterocycles. The topological polar surface area (TPSA) is 41.6 Å². The molecule has 0 aliphatic carbocycles. The second-order valence-corrected chi connectivity index (χ2v) is 4.52. The summed E-state index contributed by atoms with van der Waals surface area (Å²) in [4.78, 5) is 12.3. The average molecular weight is 203 g/mol. The number of nitrogens with zero attached hydrogens (tertiary/aromatic N) is 2. The molecule has 0 aliphatic heterocycles. The minimum absolute atomic E-state index is 0.425. The molecule has 1 N–H and O–H groups in total. The van der Waals surface area contributed by atoms with E-state index < -0.39 is 0 Å². The molecule has 2 rings (SSSR count). The van der Waals surface area contributed by atoms with Crippen LogP contribution in [0.5, 0.6) is 0 Å². The van der Waals surface area contributed by atoms with Crippen molar-refractivity contribution in [3.63, 3.8) is 0 Å². The second kappa shape index (κ2) is 3.65.